The molecule has 1 aromatic carbocycles. The minimum Gasteiger partial charge on any atom is -0.505 e. The molecule has 2 aromatic rings. The number of carbonyl (C=O) groups excluding carboxylic acids is 1. The topological polar surface area (TPSA) is 88.2 Å². The number of halogens is 2. The highest BCUT2D eigenvalue weighted by Gasteiger charge is 2.11. The maximum absolute atomic E-state index is 11.9. The molecule has 7 heteroatoms. The summed E-state index contributed by atoms with van der Waals surface area (Å²) in [6.07, 6.45) is 1.38. The van der Waals surface area contributed by atoms with Crippen molar-refractivity contribution >= 4 is 40.5 Å². The van der Waals surface area contributed by atoms with Gasteiger partial charge >= 0.3 is 0 Å². The number of anilines is 2. The zero-order valence-corrected chi connectivity index (χ0v) is 11.0. The molecule has 4 N–H and O–H groups in total. The van der Waals surface area contributed by atoms with Gasteiger partial charge in [-0.15, -0.1) is 0 Å². The highest BCUT2D eigenvalue weighted by Crippen LogP contribution is 2.34. The molecular weight excluding hydrogens is 289 g/mol. The molecule has 0 atom stereocenters. The minimum absolute atomic E-state index is 0.0491. The van der Waals surface area contributed by atoms with Crippen molar-refractivity contribution in [2.24, 2.45) is 0 Å². The van der Waals surface area contributed by atoms with Gasteiger partial charge in [0.2, 0.25) is 0 Å². The summed E-state index contributed by atoms with van der Waals surface area (Å²) in [4.78, 5) is 15.8. The van der Waals surface area contributed by atoms with E-state index >= 15 is 0 Å². The van der Waals surface area contributed by atoms with Crippen LogP contribution in [0, 0.1) is 0 Å². The van der Waals surface area contributed by atoms with Crippen molar-refractivity contribution < 1.29 is 9.90 Å². The molecule has 5 nitrogen and oxygen atoms in total. The molecule has 1 aromatic heterocycles. The number of nitrogens with zero attached hydrogens (tertiary/aromatic N) is 1. The molecule has 0 aliphatic carbocycles. The van der Waals surface area contributed by atoms with Gasteiger partial charge in [-0.05, 0) is 24.3 Å². The SMILES string of the molecule is Nc1ccc(C(=O)Nc2cc(Cl)c(O)c(Cl)c2)nc1. The quantitative estimate of drug-likeness (QED) is 0.744. The molecule has 19 heavy (non-hydrogen) atoms. The highest BCUT2D eigenvalue weighted by atomic mass is 35.5. The van der Waals surface area contributed by atoms with Crippen molar-refractivity contribution in [1.82, 2.24) is 4.98 Å². The molecule has 0 saturated heterocycles. The van der Waals surface area contributed by atoms with E-state index in [9.17, 15) is 9.90 Å². The number of aromatic hydroxyl groups is 1. The molecule has 0 fully saturated rings. The van der Waals surface area contributed by atoms with E-state index in [1.807, 2.05) is 0 Å². The second-order valence-corrected chi connectivity index (χ2v) is 4.53. The van der Waals surface area contributed by atoms with Crippen LogP contribution >= 0.6 is 23.2 Å². The van der Waals surface area contributed by atoms with E-state index in [-0.39, 0.29) is 21.5 Å². The first-order chi connectivity index (χ1) is 8.97. The fraction of sp³-hybridized carbons (Fsp3) is 0. The first kappa shape index (κ1) is 13.5. The Labute approximate surface area is 119 Å². The second kappa shape index (κ2) is 5.34. The first-order valence-electron chi connectivity index (χ1n) is 5.18. The molecule has 98 valence electrons. The summed E-state index contributed by atoms with van der Waals surface area (Å²) >= 11 is 11.5. The van der Waals surface area contributed by atoms with Crippen molar-refractivity contribution in [2.75, 3.05) is 11.1 Å². The number of nitrogens with one attached hydrogen (secondary N) is 1. The lowest BCUT2D eigenvalue weighted by molar-refractivity contribution is 0.102. The van der Waals surface area contributed by atoms with Crippen molar-refractivity contribution in [1.29, 1.82) is 0 Å². The summed E-state index contributed by atoms with van der Waals surface area (Å²) in [5.41, 5.74) is 6.51. The Bertz CT molecular complexity index is 606. The van der Waals surface area contributed by atoms with Crippen LogP contribution in [-0.2, 0) is 0 Å². The lowest BCUT2D eigenvalue weighted by Gasteiger charge is -2.07. The monoisotopic (exact) mass is 297 g/mol. The molecular formula is C12H9Cl2N3O2. The summed E-state index contributed by atoms with van der Waals surface area (Å²) in [6, 6.07) is 5.84. The minimum atomic E-state index is -0.433. The summed E-state index contributed by atoms with van der Waals surface area (Å²) in [5, 5.41) is 12.1. The largest absolute Gasteiger partial charge is 0.505 e. The maximum Gasteiger partial charge on any atom is 0.274 e. The Balaban J connectivity index is 2.22. The summed E-state index contributed by atoms with van der Waals surface area (Å²) in [5.74, 6) is -0.662. The molecule has 0 spiro atoms. The number of benzene rings is 1. The second-order valence-electron chi connectivity index (χ2n) is 3.72. The van der Waals surface area contributed by atoms with Gasteiger partial charge in [0, 0.05) is 5.69 Å². The van der Waals surface area contributed by atoms with E-state index in [2.05, 4.69) is 10.3 Å². The van der Waals surface area contributed by atoms with E-state index < -0.39 is 5.91 Å². The summed E-state index contributed by atoms with van der Waals surface area (Å²) < 4.78 is 0. The number of hydrogen-bond donors (Lipinski definition) is 3. The van der Waals surface area contributed by atoms with Crippen molar-refractivity contribution in [3.05, 3.63) is 46.2 Å². The van der Waals surface area contributed by atoms with Gasteiger partial charge < -0.3 is 16.2 Å². The summed E-state index contributed by atoms with van der Waals surface area (Å²) in [6.45, 7) is 0. The van der Waals surface area contributed by atoms with Crippen LogP contribution in [0.3, 0.4) is 0 Å². The molecule has 0 radical (unpaired) electrons. The number of rotatable bonds is 2. The van der Waals surface area contributed by atoms with E-state index in [1.54, 1.807) is 6.07 Å². The number of phenols is 1. The van der Waals surface area contributed by atoms with Crippen LogP contribution < -0.4 is 11.1 Å². The van der Waals surface area contributed by atoms with Gasteiger partial charge in [0.1, 0.15) is 5.69 Å². The van der Waals surface area contributed by atoms with Gasteiger partial charge in [-0.25, -0.2) is 4.98 Å². The van der Waals surface area contributed by atoms with Crippen LogP contribution in [0.15, 0.2) is 30.5 Å². The normalized spacial score (nSPS) is 10.2. The Morgan fingerprint density at radius 2 is 1.89 bits per heavy atom. The number of nitrogens with two attached hydrogens (primary N) is 1. The van der Waals surface area contributed by atoms with Gasteiger partial charge in [0.15, 0.2) is 5.75 Å². The molecule has 0 aliphatic rings. The molecule has 2 rings (SSSR count). The van der Waals surface area contributed by atoms with E-state index in [4.69, 9.17) is 28.9 Å². The zero-order valence-electron chi connectivity index (χ0n) is 9.52. The lowest BCUT2D eigenvalue weighted by atomic mass is 10.2. The molecule has 1 heterocycles. The van der Waals surface area contributed by atoms with Gasteiger partial charge in [-0.1, -0.05) is 23.2 Å². The number of amides is 1. The average molecular weight is 298 g/mol. The highest BCUT2D eigenvalue weighted by molar-refractivity contribution is 6.37. The third-order valence-corrected chi connectivity index (χ3v) is 2.87. The fourth-order valence-electron chi connectivity index (χ4n) is 1.37. The van der Waals surface area contributed by atoms with Crippen LogP contribution in [0.4, 0.5) is 11.4 Å². The standard InChI is InChI=1S/C12H9Cl2N3O2/c13-8-3-7(4-9(14)11(8)18)17-12(19)10-2-1-6(15)5-16-10/h1-5,18H,15H2,(H,17,19). The van der Waals surface area contributed by atoms with Gasteiger partial charge in [-0.2, -0.15) is 0 Å². The van der Waals surface area contributed by atoms with Crippen LogP contribution in [0.2, 0.25) is 10.0 Å². The fourth-order valence-corrected chi connectivity index (χ4v) is 1.86. The van der Waals surface area contributed by atoms with E-state index in [0.717, 1.165) is 0 Å². The van der Waals surface area contributed by atoms with E-state index in [1.165, 1.54) is 24.4 Å². The van der Waals surface area contributed by atoms with Crippen LogP contribution in [0.1, 0.15) is 10.5 Å². The Kier molecular flexibility index (Phi) is 3.78. The van der Waals surface area contributed by atoms with Crippen molar-refractivity contribution in [2.45, 2.75) is 0 Å². The molecule has 0 aliphatic heterocycles. The van der Waals surface area contributed by atoms with Crippen LogP contribution in [0.25, 0.3) is 0 Å². The van der Waals surface area contributed by atoms with Gasteiger partial charge in [-0.3, -0.25) is 4.79 Å². The summed E-state index contributed by atoms with van der Waals surface area (Å²) in [7, 11) is 0. The number of hydrogen-bond acceptors (Lipinski definition) is 4. The zero-order chi connectivity index (χ0) is 14.0. The van der Waals surface area contributed by atoms with Crippen molar-refractivity contribution in [3.8, 4) is 5.75 Å². The Hall–Kier alpha value is -1.98. The first-order valence-corrected chi connectivity index (χ1v) is 5.94. The number of nitrogen functional groups attached to an aromatic ring is 1. The van der Waals surface area contributed by atoms with Gasteiger partial charge in [0.25, 0.3) is 5.91 Å². The number of carbonyl (C=O) groups is 1. The maximum atomic E-state index is 11.9. The third-order valence-electron chi connectivity index (χ3n) is 2.29. The smallest absolute Gasteiger partial charge is 0.274 e. The predicted octanol–water partition coefficient (Wildman–Crippen LogP) is 2.93. The van der Waals surface area contributed by atoms with Crippen molar-refractivity contribution in [3.63, 3.8) is 0 Å². The Morgan fingerprint density at radius 1 is 1.26 bits per heavy atom. The third kappa shape index (κ3) is 3.07. The van der Waals surface area contributed by atoms with Crippen LogP contribution in [0.5, 0.6) is 5.75 Å². The lowest BCUT2D eigenvalue weighted by Crippen LogP contribution is -2.13. The molecule has 1 amide bonds. The molecule has 0 unspecified atom stereocenters. The van der Waals surface area contributed by atoms with Crippen LogP contribution in [-0.4, -0.2) is 16.0 Å². The van der Waals surface area contributed by atoms with E-state index in [0.29, 0.717) is 11.4 Å². The Morgan fingerprint density at radius 3 is 2.42 bits per heavy atom. The van der Waals surface area contributed by atoms with Gasteiger partial charge in [0.05, 0.1) is 21.9 Å². The number of phenolic OH excluding ortho intramolecular Hbond substituents is 1. The predicted molar refractivity (Wildman–Crippen MR) is 74.7 cm³/mol. The molecule has 0 bridgehead atoms. The molecule has 0 saturated carbocycles. The number of pyridine rings is 1. The number of aromatic nitrogens is 1. The average Bonchev–Trinajstić information content (AvgIpc) is 2.36.